The largest absolute Gasteiger partial charge is 0.374 e. The number of likely N-dealkylation sites (N-methyl/N-ethyl adjacent to an activating group) is 1. The second-order valence-electron chi connectivity index (χ2n) is 5.09. The Morgan fingerprint density at radius 1 is 1.50 bits per heavy atom. The Kier molecular flexibility index (Phi) is 5.46. The van der Waals surface area contributed by atoms with Gasteiger partial charge in [-0.1, -0.05) is 18.2 Å². The molecule has 0 radical (unpaired) electrons. The molecule has 2 rings (SSSR count). The average Bonchev–Trinajstić information content (AvgIpc) is 2.46. The first-order chi connectivity index (χ1) is 9.66. The Balaban J connectivity index is 1.83. The van der Waals surface area contributed by atoms with Gasteiger partial charge in [0.2, 0.25) is 0 Å². The van der Waals surface area contributed by atoms with Gasteiger partial charge < -0.3 is 15.0 Å². The maximum Gasteiger partial charge on any atom is 0.272 e. The van der Waals surface area contributed by atoms with Crippen LogP contribution in [0.2, 0.25) is 0 Å². The number of hydrogen-bond acceptors (Lipinski definition) is 5. The lowest BCUT2D eigenvalue weighted by Crippen LogP contribution is -2.44. The minimum atomic E-state index is -0.316. The summed E-state index contributed by atoms with van der Waals surface area (Å²) in [4.78, 5) is 12.8. The molecule has 0 bridgehead atoms. The second kappa shape index (κ2) is 7.33. The molecule has 0 aliphatic carbocycles. The second-order valence-corrected chi connectivity index (χ2v) is 5.09. The van der Waals surface area contributed by atoms with Crippen LogP contribution in [-0.4, -0.2) is 55.8 Å². The van der Waals surface area contributed by atoms with Gasteiger partial charge in [0.1, 0.15) is 0 Å². The van der Waals surface area contributed by atoms with Crippen LogP contribution in [0.5, 0.6) is 0 Å². The summed E-state index contributed by atoms with van der Waals surface area (Å²) in [5.41, 5.74) is 0.989. The maximum absolute atomic E-state index is 10.9. The molecule has 1 aliphatic rings. The molecule has 1 fully saturated rings. The molecule has 6 heteroatoms. The zero-order valence-corrected chi connectivity index (χ0v) is 11.7. The van der Waals surface area contributed by atoms with E-state index in [0.717, 1.165) is 38.3 Å². The van der Waals surface area contributed by atoms with Crippen molar-refractivity contribution in [1.82, 2.24) is 10.2 Å². The molecular weight excluding hydrogens is 258 g/mol. The number of nitro groups is 1. The van der Waals surface area contributed by atoms with Crippen molar-refractivity contribution in [3.8, 4) is 0 Å². The van der Waals surface area contributed by atoms with E-state index in [-0.39, 0.29) is 16.7 Å². The van der Waals surface area contributed by atoms with Gasteiger partial charge in [-0.05, 0) is 13.5 Å². The number of ether oxygens (including phenoxy) is 1. The molecule has 1 saturated heterocycles. The van der Waals surface area contributed by atoms with Crippen LogP contribution >= 0.6 is 0 Å². The third-order valence-electron chi connectivity index (χ3n) is 3.47. The van der Waals surface area contributed by atoms with E-state index in [9.17, 15) is 10.1 Å². The highest BCUT2D eigenvalue weighted by molar-refractivity contribution is 5.39. The van der Waals surface area contributed by atoms with Gasteiger partial charge >= 0.3 is 0 Å². The van der Waals surface area contributed by atoms with Crippen LogP contribution in [0, 0.1) is 10.1 Å². The summed E-state index contributed by atoms with van der Waals surface area (Å²) >= 11 is 0. The van der Waals surface area contributed by atoms with E-state index in [1.54, 1.807) is 12.1 Å². The topological polar surface area (TPSA) is 67.6 Å². The molecule has 1 aromatic carbocycles. The monoisotopic (exact) mass is 279 g/mol. The molecule has 0 amide bonds. The van der Waals surface area contributed by atoms with Crippen LogP contribution in [0.25, 0.3) is 0 Å². The number of para-hydroxylation sites is 1. The van der Waals surface area contributed by atoms with Crippen LogP contribution in [0.1, 0.15) is 5.56 Å². The number of hydrogen-bond donors (Lipinski definition) is 1. The Morgan fingerprint density at radius 3 is 3.00 bits per heavy atom. The average molecular weight is 279 g/mol. The molecule has 110 valence electrons. The summed E-state index contributed by atoms with van der Waals surface area (Å²) in [6.07, 6.45) is 0.882. The number of nitro benzene ring substituents is 1. The third-order valence-corrected chi connectivity index (χ3v) is 3.47. The van der Waals surface area contributed by atoms with E-state index < -0.39 is 0 Å². The highest BCUT2D eigenvalue weighted by Crippen LogP contribution is 2.18. The van der Waals surface area contributed by atoms with Gasteiger partial charge in [-0.2, -0.15) is 0 Å². The Bertz CT molecular complexity index is 447. The number of nitrogens with zero attached hydrogens (tertiary/aromatic N) is 2. The van der Waals surface area contributed by atoms with Crippen molar-refractivity contribution in [2.24, 2.45) is 0 Å². The SMILES string of the molecule is CN(CCc1ccccc1[N+](=O)[O-])CC1CNCCO1. The van der Waals surface area contributed by atoms with Gasteiger partial charge in [-0.3, -0.25) is 10.1 Å². The van der Waals surface area contributed by atoms with Crippen LogP contribution in [0.4, 0.5) is 5.69 Å². The molecule has 1 atom stereocenters. The van der Waals surface area contributed by atoms with Crippen LogP contribution < -0.4 is 5.32 Å². The van der Waals surface area contributed by atoms with Gasteiger partial charge in [0.05, 0.1) is 17.6 Å². The summed E-state index contributed by atoms with van der Waals surface area (Å²) in [5, 5.41) is 14.2. The summed E-state index contributed by atoms with van der Waals surface area (Å²) in [5.74, 6) is 0. The molecule has 20 heavy (non-hydrogen) atoms. The molecule has 1 aliphatic heterocycles. The molecule has 1 heterocycles. The van der Waals surface area contributed by atoms with Crippen LogP contribution in [0.3, 0.4) is 0 Å². The number of nitrogens with one attached hydrogen (secondary N) is 1. The standard InChI is InChI=1S/C14H21N3O3/c1-16(11-13-10-15-7-9-20-13)8-6-12-4-2-3-5-14(12)17(18)19/h2-5,13,15H,6-11H2,1H3. The fourth-order valence-electron chi connectivity index (χ4n) is 2.39. The zero-order valence-electron chi connectivity index (χ0n) is 11.7. The molecular formula is C14H21N3O3. The summed E-state index contributed by atoms with van der Waals surface area (Å²) < 4.78 is 5.65. The number of morpholine rings is 1. The van der Waals surface area contributed by atoms with Crippen molar-refractivity contribution in [1.29, 1.82) is 0 Å². The molecule has 6 nitrogen and oxygen atoms in total. The van der Waals surface area contributed by atoms with E-state index in [1.165, 1.54) is 0 Å². The summed E-state index contributed by atoms with van der Waals surface area (Å²) in [6.45, 7) is 4.16. The fourth-order valence-corrected chi connectivity index (χ4v) is 2.39. The third kappa shape index (κ3) is 4.26. The van der Waals surface area contributed by atoms with E-state index in [1.807, 2.05) is 19.2 Å². The molecule has 0 spiro atoms. The van der Waals surface area contributed by atoms with Gasteiger partial charge in [-0.15, -0.1) is 0 Å². The summed E-state index contributed by atoms with van der Waals surface area (Å²) in [7, 11) is 2.02. The van der Waals surface area contributed by atoms with E-state index >= 15 is 0 Å². The van der Waals surface area contributed by atoms with Crippen molar-refractivity contribution >= 4 is 5.69 Å². The predicted octanol–water partition coefficient (Wildman–Crippen LogP) is 1.06. The predicted molar refractivity (Wildman–Crippen MR) is 76.9 cm³/mol. The molecule has 1 unspecified atom stereocenters. The fraction of sp³-hybridized carbons (Fsp3) is 0.571. The molecule has 0 saturated carbocycles. The van der Waals surface area contributed by atoms with Gasteiger partial charge in [0.15, 0.2) is 0 Å². The quantitative estimate of drug-likeness (QED) is 0.623. The molecule has 0 aromatic heterocycles. The van der Waals surface area contributed by atoms with Crippen molar-refractivity contribution < 1.29 is 9.66 Å². The summed E-state index contributed by atoms with van der Waals surface area (Å²) in [6, 6.07) is 6.93. The zero-order chi connectivity index (χ0) is 14.4. The Morgan fingerprint density at radius 2 is 2.30 bits per heavy atom. The highest BCUT2D eigenvalue weighted by Gasteiger charge is 2.17. The van der Waals surface area contributed by atoms with E-state index in [4.69, 9.17) is 4.74 Å². The van der Waals surface area contributed by atoms with Crippen molar-refractivity contribution in [2.75, 3.05) is 39.8 Å². The minimum absolute atomic E-state index is 0.205. The van der Waals surface area contributed by atoms with E-state index in [2.05, 4.69) is 10.2 Å². The highest BCUT2D eigenvalue weighted by atomic mass is 16.6. The van der Waals surface area contributed by atoms with E-state index in [0.29, 0.717) is 6.42 Å². The van der Waals surface area contributed by atoms with Crippen molar-refractivity contribution in [2.45, 2.75) is 12.5 Å². The minimum Gasteiger partial charge on any atom is -0.374 e. The molecule has 1 aromatic rings. The van der Waals surface area contributed by atoms with Crippen LogP contribution in [0.15, 0.2) is 24.3 Å². The maximum atomic E-state index is 10.9. The smallest absolute Gasteiger partial charge is 0.272 e. The molecule has 1 N–H and O–H groups in total. The Labute approximate surface area is 118 Å². The lowest BCUT2D eigenvalue weighted by molar-refractivity contribution is -0.385. The van der Waals surface area contributed by atoms with Gasteiger partial charge in [-0.25, -0.2) is 0 Å². The van der Waals surface area contributed by atoms with Crippen molar-refractivity contribution in [3.63, 3.8) is 0 Å². The lowest BCUT2D eigenvalue weighted by atomic mass is 10.1. The van der Waals surface area contributed by atoms with Gasteiger partial charge in [0, 0.05) is 37.8 Å². The first-order valence-corrected chi connectivity index (χ1v) is 6.90. The Hall–Kier alpha value is -1.50. The number of rotatable bonds is 6. The first-order valence-electron chi connectivity index (χ1n) is 6.90. The normalized spacial score (nSPS) is 19.2. The lowest BCUT2D eigenvalue weighted by Gasteiger charge is -2.27. The van der Waals surface area contributed by atoms with Crippen molar-refractivity contribution in [3.05, 3.63) is 39.9 Å². The first kappa shape index (κ1) is 14.9. The number of benzene rings is 1. The van der Waals surface area contributed by atoms with Crippen LogP contribution in [-0.2, 0) is 11.2 Å². The van der Waals surface area contributed by atoms with Gasteiger partial charge in [0.25, 0.3) is 5.69 Å².